The fourth-order valence-corrected chi connectivity index (χ4v) is 1.35. The number of rotatable bonds is 2. The quantitative estimate of drug-likeness (QED) is 0.468. The number of nitro groups is 1. The number of hydrogen-bond donors (Lipinski definition) is 0. The molecule has 0 saturated carbocycles. The van der Waals surface area contributed by atoms with Crippen LogP contribution in [0.5, 0.6) is 5.75 Å². The van der Waals surface area contributed by atoms with E-state index < -0.39 is 39.5 Å². The number of halogens is 7. The molecule has 0 spiro atoms. The monoisotopic (exact) mass is 309 g/mol. The molecular formula is C8H2ClF6NO3. The fraction of sp³-hybridized carbons (Fsp3) is 0.250. The van der Waals surface area contributed by atoms with E-state index in [4.69, 9.17) is 11.6 Å². The first kappa shape index (κ1) is 15.3. The van der Waals surface area contributed by atoms with Crippen LogP contribution in [0.4, 0.5) is 32.0 Å². The Bertz CT molecular complexity index is 512. The summed E-state index contributed by atoms with van der Waals surface area (Å²) < 4.78 is 76.2. The molecule has 1 aromatic carbocycles. The van der Waals surface area contributed by atoms with E-state index in [1.807, 2.05) is 0 Å². The molecule has 0 aliphatic rings. The predicted molar refractivity (Wildman–Crippen MR) is 49.8 cm³/mol. The summed E-state index contributed by atoms with van der Waals surface area (Å²) in [5.74, 6) is -1.49. The summed E-state index contributed by atoms with van der Waals surface area (Å²) >= 11 is 5.16. The van der Waals surface area contributed by atoms with E-state index in [0.29, 0.717) is 0 Å². The number of hydrogen-bond acceptors (Lipinski definition) is 3. The lowest BCUT2D eigenvalue weighted by molar-refractivity contribution is -0.388. The minimum atomic E-state index is -5.33. The van der Waals surface area contributed by atoms with Crippen molar-refractivity contribution in [2.24, 2.45) is 0 Å². The molecule has 11 heteroatoms. The van der Waals surface area contributed by atoms with Crippen molar-refractivity contribution >= 4 is 17.3 Å². The SMILES string of the molecule is O=[N+]([O-])c1cc(C(F)(F)F)cc(Cl)c1OC(F)(F)F. The second-order valence-corrected chi connectivity index (χ2v) is 3.52. The van der Waals surface area contributed by atoms with Crippen molar-refractivity contribution in [3.05, 3.63) is 32.8 Å². The Morgan fingerprint density at radius 1 is 1.16 bits per heavy atom. The van der Waals surface area contributed by atoms with Crippen molar-refractivity contribution in [2.75, 3.05) is 0 Å². The maximum atomic E-state index is 12.3. The van der Waals surface area contributed by atoms with Gasteiger partial charge in [-0.3, -0.25) is 10.1 Å². The van der Waals surface area contributed by atoms with Crippen molar-refractivity contribution < 1.29 is 36.0 Å². The third kappa shape index (κ3) is 3.88. The summed E-state index contributed by atoms with van der Waals surface area (Å²) in [5.41, 5.74) is -3.09. The number of benzene rings is 1. The van der Waals surface area contributed by atoms with Crippen LogP contribution in [0.3, 0.4) is 0 Å². The molecule has 0 aliphatic heterocycles. The second kappa shape index (κ2) is 4.76. The van der Waals surface area contributed by atoms with E-state index in [1.54, 1.807) is 0 Å². The van der Waals surface area contributed by atoms with Gasteiger partial charge in [0.05, 0.1) is 15.5 Å². The first-order chi connectivity index (χ1) is 8.42. The molecule has 0 fully saturated rings. The molecule has 0 aromatic heterocycles. The minimum Gasteiger partial charge on any atom is -0.397 e. The Balaban J connectivity index is 3.44. The number of nitro benzene ring substituents is 1. The smallest absolute Gasteiger partial charge is 0.397 e. The molecule has 0 amide bonds. The van der Waals surface area contributed by atoms with Gasteiger partial charge >= 0.3 is 18.2 Å². The van der Waals surface area contributed by atoms with Crippen LogP contribution in [-0.2, 0) is 6.18 Å². The second-order valence-electron chi connectivity index (χ2n) is 3.11. The number of alkyl halides is 6. The average Bonchev–Trinajstić information content (AvgIpc) is 2.16. The Hall–Kier alpha value is -1.71. The molecule has 0 unspecified atom stereocenters. The van der Waals surface area contributed by atoms with Gasteiger partial charge in [0, 0.05) is 6.07 Å². The van der Waals surface area contributed by atoms with Gasteiger partial charge in [-0.25, -0.2) is 0 Å². The van der Waals surface area contributed by atoms with Gasteiger partial charge in [0.25, 0.3) is 0 Å². The summed E-state index contributed by atoms with van der Waals surface area (Å²) in [7, 11) is 0. The van der Waals surface area contributed by atoms with Gasteiger partial charge in [0.15, 0.2) is 0 Å². The zero-order valence-corrected chi connectivity index (χ0v) is 9.23. The molecule has 0 saturated heterocycles. The minimum absolute atomic E-state index is 0.0903. The van der Waals surface area contributed by atoms with E-state index >= 15 is 0 Å². The lowest BCUT2D eigenvalue weighted by Gasteiger charge is -2.13. The Morgan fingerprint density at radius 3 is 2.05 bits per heavy atom. The summed E-state index contributed by atoms with van der Waals surface area (Å²) in [6.45, 7) is 0. The normalized spacial score (nSPS) is 12.4. The van der Waals surface area contributed by atoms with Crippen LogP contribution in [-0.4, -0.2) is 11.3 Å². The molecule has 1 aromatic rings. The van der Waals surface area contributed by atoms with Gasteiger partial charge in [0.2, 0.25) is 5.75 Å². The first-order valence-electron chi connectivity index (χ1n) is 4.22. The highest BCUT2D eigenvalue weighted by Crippen LogP contribution is 2.43. The molecule has 1 rings (SSSR count). The van der Waals surface area contributed by atoms with Gasteiger partial charge in [-0.1, -0.05) is 11.6 Å². The number of ether oxygens (including phenoxy) is 1. The van der Waals surface area contributed by atoms with Crippen LogP contribution in [0, 0.1) is 10.1 Å². The van der Waals surface area contributed by atoms with Crippen LogP contribution >= 0.6 is 11.6 Å². The molecule has 106 valence electrons. The molecule has 0 N–H and O–H groups in total. The van der Waals surface area contributed by atoms with E-state index in [1.165, 1.54) is 0 Å². The predicted octanol–water partition coefficient (Wildman–Crippen LogP) is 4.17. The van der Waals surface area contributed by atoms with E-state index in [-0.39, 0.29) is 12.1 Å². The fourth-order valence-electron chi connectivity index (χ4n) is 1.09. The maximum Gasteiger partial charge on any atom is 0.573 e. The van der Waals surface area contributed by atoms with Crippen molar-refractivity contribution in [2.45, 2.75) is 12.5 Å². The van der Waals surface area contributed by atoms with Crippen LogP contribution in [0.25, 0.3) is 0 Å². The first-order valence-corrected chi connectivity index (χ1v) is 4.60. The van der Waals surface area contributed by atoms with E-state index in [2.05, 4.69) is 4.74 Å². The lowest BCUT2D eigenvalue weighted by atomic mass is 10.2. The summed E-state index contributed by atoms with van der Waals surface area (Å²) in [6, 6.07) is 0.0165. The zero-order valence-electron chi connectivity index (χ0n) is 8.47. The van der Waals surface area contributed by atoms with Gasteiger partial charge in [-0.2, -0.15) is 13.2 Å². The van der Waals surface area contributed by atoms with Crippen molar-refractivity contribution in [1.29, 1.82) is 0 Å². The van der Waals surface area contributed by atoms with Gasteiger partial charge in [0.1, 0.15) is 0 Å². The van der Waals surface area contributed by atoms with Gasteiger partial charge < -0.3 is 4.74 Å². The van der Waals surface area contributed by atoms with Gasteiger partial charge in [-0.05, 0) is 6.07 Å². The van der Waals surface area contributed by atoms with Crippen LogP contribution in [0.1, 0.15) is 5.56 Å². The van der Waals surface area contributed by atoms with Crippen molar-refractivity contribution in [3.63, 3.8) is 0 Å². The summed E-state index contributed by atoms with van der Waals surface area (Å²) in [6.07, 6.45) is -10.3. The molecule has 19 heavy (non-hydrogen) atoms. The Kier molecular flexibility index (Phi) is 3.84. The van der Waals surface area contributed by atoms with E-state index in [9.17, 15) is 36.5 Å². The van der Waals surface area contributed by atoms with Crippen LogP contribution in [0.2, 0.25) is 5.02 Å². The van der Waals surface area contributed by atoms with E-state index in [0.717, 1.165) is 0 Å². The molecule has 0 aliphatic carbocycles. The van der Waals surface area contributed by atoms with Gasteiger partial charge in [-0.15, -0.1) is 13.2 Å². The molecule has 0 bridgehead atoms. The Labute approximate surface area is 105 Å². The van der Waals surface area contributed by atoms with Crippen molar-refractivity contribution in [3.8, 4) is 5.75 Å². The van der Waals surface area contributed by atoms with Crippen molar-refractivity contribution in [1.82, 2.24) is 0 Å². The zero-order chi connectivity index (χ0) is 15.0. The third-order valence-corrected chi connectivity index (χ3v) is 2.05. The topological polar surface area (TPSA) is 52.4 Å². The highest BCUT2D eigenvalue weighted by atomic mass is 35.5. The van der Waals surface area contributed by atoms with Crippen LogP contribution < -0.4 is 4.74 Å². The standard InChI is InChI=1S/C8H2ClF6NO3/c9-4-1-3(7(10,11)12)2-5(16(17)18)6(4)19-8(13,14)15/h1-2H. The number of nitrogens with zero attached hydrogens (tertiary/aromatic N) is 1. The molecule has 0 radical (unpaired) electrons. The third-order valence-electron chi connectivity index (χ3n) is 1.77. The summed E-state index contributed by atoms with van der Waals surface area (Å²) in [4.78, 5) is 9.02. The Morgan fingerprint density at radius 2 is 1.68 bits per heavy atom. The summed E-state index contributed by atoms with van der Waals surface area (Å²) in [5, 5.41) is 9.30. The average molecular weight is 310 g/mol. The largest absolute Gasteiger partial charge is 0.573 e. The molecular weight excluding hydrogens is 308 g/mol. The lowest BCUT2D eigenvalue weighted by Crippen LogP contribution is -2.18. The molecule has 4 nitrogen and oxygen atoms in total. The highest BCUT2D eigenvalue weighted by Gasteiger charge is 2.39. The highest BCUT2D eigenvalue weighted by molar-refractivity contribution is 6.32. The van der Waals surface area contributed by atoms with Crippen LogP contribution in [0.15, 0.2) is 12.1 Å². The molecule has 0 atom stereocenters. The molecule has 0 heterocycles. The maximum absolute atomic E-state index is 12.3.